The van der Waals surface area contributed by atoms with E-state index >= 15 is 0 Å². The molecule has 0 amide bonds. The zero-order valence-corrected chi connectivity index (χ0v) is 35.7. The van der Waals surface area contributed by atoms with E-state index in [4.69, 9.17) is 0 Å². The summed E-state index contributed by atoms with van der Waals surface area (Å²) in [4.78, 5) is 0. The fourth-order valence-corrected chi connectivity index (χ4v) is 11.8. The van der Waals surface area contributed by atoms with E-state index in [0.717, 1.165) is 0 Å². The van der Waals surface area contributed by atoms with Crippen LogP contribution in [0.15, 0.2) is 109 Å². The quantitative estimate of drug-likeness (QED) is 0.111. The van der Waals surface area contributed by atoms with Gasteiger partial charge >= 0.3 is 25.8 Å². The molecule has 0 unspecified atom stereocenters. The van der Waals surface area contributed by atoms with Crippen molar-refractivity contribution in [2.24, 2.45) is 0 Å². The maximum Gasteiger partial charge on any atom is 4.00 e. The Morgan fingerprint density at radius 1 is 0.511 bits per heavy atom. The molecule has 0 aliphatic rings. The molecule has 0 aromatic heterocycles. The summed E-state index contributed by atoms with van der Waals surface area (Å²) in [5, 5.41) is 11.6. The summed E-state index contributed by atoms with van der Waals surface area (Å²) < 4.78 is 0. The summed E-state index contributed by atoms with van der Waals surface area (Å²) in [6, 6.07) is 43.7. The molecule has 0 bridgehead atoms. The summed E-state index contributed by atoms with van der Waals surface area (Å²) in [5.74, 6) is 0. The van der Waals surface area contributed by atoms with Crippen molar-refractivity contribution in [2.75, 3.05) is 0 Å². The van der Waals surface area contributed by atoms with E-state index in [0.29, 0.717) is 0 Å². The molecule has 0 aliphatic heterocycles. The Kier molecular flexibility index (Phi) is 11.3. The fraction of sp³-hybridized carbons (Fsp3) is 0.220. The van der Waals surface area contributed by atoms with Gasteiger partial charge in [0.15, 0.2) is 0 Å². The number of fused-ring (bicyclic) bond motifs is 2. The third-order valence-corrected chi connectivity index (χ3v) is 18.3. The van der Waals surface area contributed by atoms with Crippen LogP contribution in [0.1, 0.15) is 6.92 Å². The minimum atomic E-state index is -1.95. The molecule has 0 nitrogen and oxygen atoms in total. The van der Waals surface area contributed by atoms with Gasteiger partial charge in [0.1, 0.15) is 0 Å². The molecular formula is C41H50HfSi3. The SMILES string of the molecule is CC[Si](C)(c1cc2c(-c3ccc([Si](C)(C)C)cc3)cccc2[cH-]1)c1cc2c(-c3ccc([Si](C)(C)C)cc3)cccc2[cH-]1.[CH3-].[CH3-].[Hf+4]. The molecule has 4 heteroatoms. The summed E-state index contributed by atoms with van der Waals surface area (Å²) in [6.45, 7) is 19.5. The first-order chi connectivity index (χ1) is 19.9. The zero-order valence-electron chi connectivity index (χ0n) is 29.1. The average Bonchev–Trinajstić information content (AvgIpc) is 3.61. The maximum absolute atomic E-state index is 2.57. The second-order valence-electron chi connectivity index (χ2n) is 14.4. The van der Waals surface area contributed by atoms with Crippen LogP contribution in [0.5, 0.6) is 0 Å². The van der Waals surface area contributed by atoms with Gasteiger partial charge in [0.05, 0.1) is 24.2 Å². The largest absolute Gasteiger partial charge is 4.00 e. The predicted octanol–water partition coefficient (Wildman–Crippen LogP) is 9.97. The Morgan fingerprint density at radius 3 is 1.18 bits per heavy atom. The summed E-state index contributed by atoms with van der Waals surface area (Å²) in [6.07, 6.45) is 0. The average molecular weight is 806 g/mol. The van der Waals surface area contributed by atoms with Gasteiger partial charge in [-0.25, -0.2) is 0 Å². The van der Waals surface area contributed by atoms with Gasteiger partial charge in [0, 0.05) is 0 Å². The monoisotopic (exact) mass is 806 g/mol. The molecule has 6 rings (SSSR count). The van der Waals surface area contributed by atoms with Crippen molar-refractivity contribution >= 4 is 66.5 Å². The van der Waals surface area contributed by atoms with Crippen LogP contribution in [0.25, 0.3) is 43.8 Å². The number of benzene rings is 4. The molecule has 0 N–H and O–H groups in total. The van der Waals surface area contributed by atoms with Gasteiger partial charge in [-0.15, -0.1) is 68.3 Å². The number of hydrogen-bond acceptors (Lipinski definition) is 0. The smallest absolute Gasteiger partial charge is 0.358 e. The van der Waals surface area contributed by atoms with Crippen LogP contribution in [0, 0.1) is 14.9 Å². The first kappa shape index (κ1) is 37.1. The molecule has 0 heterocycles. The van der Waals surface area contributed by atoms with Gasteiger partial charge in [0.25, 0.3) is 0 Å². The van der Waals surface area contributed by atoms with Gasteiger partial charge in [-0.3, -0.25) is 0 Å². The van der Waals surface area contributed by atoms with Crippen LogP contribution in [0.3, 0.4) is 0 Å². The predicted molar refractivity (Wildman–Crippen MR) is 210 cm³/mol. The molecule has 0 spiro atoms. The minimum absolute atomic E-state index is 0. The first-order valence-electron chi connectivity index (χ1n) is 15.5. The van der Waals surface area contributed by atoms with Gasteiger partial charge < -0.3 is 14.9 Å². The Labute approximate surface area is 295 Å². The Bertz CT molecular complexity index is 1740. The van der Waals surface area contributed by atoms with E-state index in [1.165, 1.54) is 60.2 Å². The molecule has 45 heavy (non-hydrogen) atoms. The minimum Gasteiger partial charge on any atom is -0.358 e. The molecule has 0 fully saturated rings. The normalized spacial score (nSPS) is 12.0. The van der Waals surface area contributed by atoms with Crippen molar-refractivity contribution in [2.45, 2.75) is 58.8 Å². The van der Waals surface area contributed by atoms with E-state index in [-0.39, 0.29) is 40.7 Å². The summed E-state index contributed by atoms with van der Waals surface area (Å²) in [7, 11) is -4.58. The van der Waals surface area contributed by atoms with Gasteiger partial charge in [-0.1, -0.05) is 141 Å². The van der Waals surface area contributed by atoms with Crippen LogP contribution in [0.2, 0.25) is 51.9 Å². The third kappa shape index (κ3) is 7.00. The van der Waals surface area contributed by atoms with E-state index in [2.05, 4.69) is 162 Å². The number of hydrogen-bond donors (Lipinski definition) is 0. The second-order valence-corrected chi connectivity index (χ2v) is 29.1. The van der Waals surface area contributed by atoms with Gasteiger partial charge in [-0.2, -0.15) is 12.1 Å². The zero-order chi connectivity index (χ0) is 29.9. The topological polar surface area (TPSA) is 0 Å². The van der Waals surface area contributed by atoms with Crippen molar-refractivity contribution in [3.8, 4) is 22.3 Å². The summed E-state index contributed by atoms with van der Waals surface area (Å²) in [5.41, 5.74) is 5.35. The van der Waals surface area contributed by atoms with Gasteiger partial charge in [-0.05, 0) is 11.1 Å². The molecule has 6 aromatic rings. The van der Waals surface area contributed by atoms with Crippen LogP contribution >= 0.6 is 0 Å². The fourth-order valence-electron chi connectivity index (χ4n) is 6.48. The first-order valence-corrected chi connectivity index (χ1v) is 25.2. The number of rotatable bonds is 7. The van der Waals surface area contributed by atoms with E-state index in [1.807, 2.05) is 0 Å². The second kappa shape index (κ2) is 13.8. The van der Waals surface area contributed by atoms with Crippen molar-refractivity contribution in [1.82, 2.24) is 0 Å². The van der Waals surface area contributed by atoms with E-state index in [1.54, 1.807) is 10.4 Å². The van der Waals surface area contributed by atoms with Gasteiger partial charge in [0.2, 0.25) is 0 Å². The van der Waals surface area contributed by atoms with Crippen LogP contribution in [-0.2, 0) is 25.8 Å². The third-order valence-electron chi connectivity index (χ3n) is 9.61. The van der Waals surface area contributed by atoms with Crippen molar-refractivity contribution < 1.29 is 25.8 Å². The molecule has 0 saturated carbocycles. The van der Waals surface area contributed by atoms with Crippen molar-refractivity contribution in [3.63, 3.8) is 0 Å². The molecular weight excluding hydrogens is 755 g/mol. The summed E-state index contributed by atoms with van der Waals surface area (Å²) >= 11 is 0. The maximum atomic E-state index is 2.57. The molecule has 230 valence electrons. The van der Waals surface area contributed by atoms with Crippen molar-refractivity contribution in [3.05, 3.63) is 124 Å². The Balaban J connectivity index is 0.00000184. The molecule has 0 atom stereocenters. The van der Waals surface area contributed by atoms with E-state index in [9.17, 15) is 0 Å². The Morgan fingerprint density at radius 2 is 0.867 bits per heavy atom. The molecule has 6 aromatic carbocycles. The molecule has 0 radical (unpaired) electrons. The Hall–Kier alpha value is -2.38. The molecule has 0 saturated heterocycles. The van der Waals surface area contributed by atoms with Crippen molar-refractivity contribution in [1.29, 1.82) is 0 Å². The standard InChI is InChI=1S/C39H44Si3.2CH3.Hf/c1-9-42(8,34-24-30-12-10-14-36(38(30)26-34)28-16-20-32(21-17-28)40(2,3)4)35-25-31-13-11-15-37(39(31)27-35)29-18-22-33(23-19-29)41(5,6)7;;;/h10-27H,9H2,1-8H3;2*1H3;/q-2;2*-1;+4. The van der Waals surface area contributed by atoms with Crippen LogP contribution < -0.4 is 20.7 Å². The van der Waals surface area contributed by atoms with E-state index < -0.39 is 24.2 Å². The van der Waals surface area contributed by atoms with Crippen LogP contribution in [0.4, 0.5) is 0 Å². The van der Waals surface area contributed by atoms with Crippen LogP contribution in [-0.4, -0.2) is 24.2 Å². The molecule has 0 aliphatic carbocycles.